The number of alkyl halides is 24. The minimum Gasteiger partial charge on any atom is -0.815 e. The van der Waals surface area contributed by atoms with E-state index < -0.39 is 72.6 Å². The standard InChI is InChI=1S/2C6F12O3.2C6H16N2.C6H6.2Cu/c2*7-3(8,9)1(19,4(10,11)12)21-2(20,5(13,14)15)6(16,17)18;2*1-7(2)5-6-8(3)4;1-2-4-6-5-3-1;;/h;;2*5-6H2,1-4H3;1-6H;;/q2*-2;;;;2*+2. The molecule has 1 aromatic rings. The Bertz CT molecular complexity index is 1160. The predicted octanol–water partition coefficient (Wildman–Crippen LogP) is 4.63. The summed E-state index contributed by atoms with van der Waals surface area (Å²) in [4.78, 5) is 8.72. The Morgan fingerprint density at radius 3 is 0.424 bits per heavy atom. The summed E-state index contributed by atoms with van der Waals surface area (Å²) in [6, 6.07) is 12.0. The Morgan fingerprint density at radius 1 is 0.273 bits per heavy atom. The summed E-state index contributed by atoms with van der Waals surface area (Å²) in [5, 5.41) is 41.5. The molecule has 0 saturated heterocycles. The molecule has 66 heavy (non-hydrogen) atoms. The molecule has 0 heterocycles. The number of nitrogens with zero attached hydrogens (tertiary/aromatic N) is 4. The molecule has 0 amide bonds. The average Bonchev–Trinajstić information content (AvgIpc) is 3.04. The summed E-state index contributed by atoms with van der Waals surface area (Å²) in [6.45, 7) is 4.58. The van der Waals surface area contributed by atoms with Crippen molar-refractivity contribution in [2.24, 2.45) is 0 Å². The van der Waals surface area contributed by atoms with Gasteiger partial charge in [-0.2, -0.15) is 105 Å². The van der Waals surface area contributed by atoms with Crippen LogP contribution < -0.4 is 20.4 Å². The number of benzene rings is 1. The van der Waals surface area contributed by atoms with Gasteiger partial charge in [0, 0.05) is 26.2 Å². The molecule has 0 saturated carbocycles. The van der Waals surface area contributed by atoms with E-state index in [1.54, 1.807) is 0 Å². The first kappa shape index (κ1) is 75.7. The summed E-state index contributed by atoms with van der Waals surface area (Å²) >= 11 is 0. The molecule has 0 aliphatic rings. The van der Waals surface area contributed by atoms with Gasteiger partial charge in [0.1, 0.15) is 0 Å². The molecular formula is C30H38Cu2F24N4O6. The van der Waals surface area contributed by atoms with E-state index in [1.165, 1.54) is 9.47 Å². The SMILES string of the molecule is CN(C)CCN(C)C.CN(C)CCN(C)C.[Cu+2].[Cu+2].[O-]C(OC([O-])(C(F)(F)F)C(F)(F)F)(C(F)(F)F)C(F)(F)F.[O-]C(OC([O-])(C(F)(F)F)C(F)(F)F)(C(F)(F)F)C(F)(F)F.c1ccccc1. The third-order valence-corrected chi connectivity index (χ3v) is 6.22. The molecule has 36 heteroatoms. The van der Waals surface area contributed by atoms with E-state index in [4.69, 9.17) is 0 Å². The molecule has 1 rings (SSSR count). The van der Waals surface area contributed by atoms with Crippen LogP contribution in [0.3, 0.4) is 0 Å². The minimum atomic E-state index is -7.32. The van der Waals surface area contributed by atoms with Gasteiger partial charge >= 0.3 is 83.5 Å². The van der Waals surface area contributed by atoms with E-state index in [0.29, 0.717) is 0 Å². The Morgan fingerprint density at radius 2 is 0.364 bits per heavy atom. The molecule has 0 atom stereocenters. The van der Waals surface area contributed by atoms with Crippen molar-refractivity contribution in [3.8, 4) is 0 Å². The van der Waals surface area contributed by atoms with Crippen molar-refractivity contribution < 1.29 is 169 Å². The molecule has 0 unspecified atom stereocenters. The molecule has 0 fully saturated rings. The number of halogens is 24. The molecule has 2 radical (unpaired) electrons. The first-order valence-electron chi connectivity index (χ1n) is 16.0. The van der Waals surface area contributed by atoms with Crippen LogP contribution in [0.4, 0.5) is 105 Å². The molecule has 0 spiro atoms. The second-order valence-corrected chi connectivity index (χ2v) is 13.0. The molecule has 0 aliphatic heterocycles. The van der Waals surface area contributed by atoms with Crippen LogP contribution in [-0.2, 0) is 43.6 Å². The smallest absolute Gasteiger partial charge is 0.815 e. The number of hydrogen-bond acceptors (Lipinski definition) is 10. The molecule has 10 nitrogen and oxygen atoms in total. The number of hydrogen-bond donors (Lipinski definition) is 0. The van der Waals surface area contributed by atoms with E-state index in [1.807, 2.05) is 36.4 Å². The van der Waals surface area contributed by atoms with Crippen molar-refractivity contribution in [3.05, 3.63) is 36.4 Å². The molecule has 404 valence electrons. The maximum absolute atomic E-state index is 11.9. The Kier molecular flexibility index (Phi) is 31.6. The van der Waals surface area contributed by atoms with Gasteiger partial charge in [0.2, 0.25) is 0 Å². The van der Waals surface area contributed by atoms with Gasteiger partial charge in [0.05, 0.1) is 0 Å². The number of likely N-dealkylation sites (N-methyl/N-ethyl adjacent to an activating group) is 4. The quantitative estimate of drug-likeness (QED) is 0.186. The number of rotatable bonds is 10. The van der Waals surface area contributed by atoms with Gasteiger partial charge in [-0.25, -0.2) is 0 Å². The van der Waals surface area contributed by atoms with Crippen molar-refractivity contribution in [1.29, 1.82) is 0 Å². The summed E-state index contributed by atoms with van der Waals surface area (Å²) in [5.74, 6) is -28.9. The van der Waals surface area contributed by atoms with Crippen LogP contribution in [0.25, 0.3) is 0 Å². The Labute approximate surface area is 380 Å². The molecule has 0 aliphatic carbocycles. The topological polar surface area (TPSA) is 124 Å². The van der Waals surface area contributed by atoms with Crippen molar-refractivity contribution in [2.75, 3.05) is 82.6 Å². The first-order valence-corrected chi connectivity index (χ1v) is 16.0. The van der Waals surface area contributed by atoms with Gasteiger partial charge in [-0.05, 0) is 56.4 Å². The van der Waals surface area contributed by atoms with Crippen molar-refractivity contribution in [1.82, 2.24) is 19.6 Å². The second-order valence-electron chi connectivity index (χ2n) is 13.0. The first-order chi connectivity index (χ1) is 27.7. The van der Waals surface area contributed by atoms with Gasteiger partial charge in [-0.15, -0.1) is 0 Å². The van der Waals surface area contributed by atoms with Crippen LogP contribution >= 0.6 is 0 Å². The zero-order valence-electron chi connectivity index (χ0n) is 34.2. The van der Waals surface area contributed by atoms with Crippen LogP contribution in [0, 0.1) is 0 Å². The number of ether oxygens (including phenoxy) is 2. The molecule has 0 bridgehead atoms. The predicted molar refractivity (Wildman–Crippen MR) is 162 cm³/mol. The van der Waals surface area contributed by atoms with Crippen LogP contribution in [0.2, 0.25) is 0 Å². The van der Waals surface area contributed by atoms with Crippen molar-refractivity contribution in [3.63, 3.8) is 0 Å². The monoisotopic (exact) mass is 1130 g/mol. The van der Waals surface area contributed by atoms with E-state index in [0.717, 1.165) is 26.2 Å². The molecule has 0 aromatic heterocycles. The molecular weight excluding hydrogens is 1100 g/mol. The largest absolute Gasteiger partial charge is 2.00 e. The Balaban J connectivity index is -0.000000185. The summed E-state index contributed by atoms with van der Waals surface area (Å²) in [6.07, 6.45) is -58.6. The summed E-state index contributed by atoms with van der Waals surface area (Å²) in [5.41, 5.74) is 0. The van der Waals surface area contributed by atoms with Crippen LogP contribution in [0.5, 0.6) is 0 Å². The van der Waals surface area contributed by atoms with Gasteiger partial charge in [0.15, 0.2) is 23.1 Å². The fourth-order valence-corrected chi connectivity index (χ4v) is 2.70. The fraction of sp³-hybridized carbons (Fsp3) is 0.800. The third-order valence-electron chi connectivity index (χ3n) is 6.22. The second kappa shape index (κ2) is 27.5. The average molecular weight is 1130 g/mol. The van der Waals surface area contributed by atoms with Gasteiger partial charge in [-0.3, -0.25) is 0 Å². The zero-order chi connectivity index (χ0) is 52.8. The summed E-state index contributed by atoms with van der Waals surface area (Å²) < 4.78 is 288. The van der Waals surface area contributed by atoms with Gasteiger partial charge in [-0.1, -0.05) is 36.4 Å². The van der Waals surface area contributed by atoms with Crippen molar-refractivity contribution in [2.45, 2.75) is 72.6 Å². The van der Waals surface area contributed by atoms with E-state index in [-0.39, 0.29) is 34.1 Å². The Hall–Kier alpha value is -1.82. The maximum atomic E-state index is 11.9. The molecule has 0 N–H and O–H groups in total. The van der Waals surface area contributed by atoms with Gasteiger partial charge < -0.3 is 49.5 Å². The van der Waals surface area contributed by atoms with E-state index in [2.05, 4.69) is 76.0 Å². The normalized spacial score (nSPS) is 13.8. The minimum absolute atomic E-state index is 0. The summed E-state index contributed by atoms with van der Waals surface area (Å²) in [7, 11) is 16.7. The zero-order valence-corrected chi connectivity index (χ0v) is 36.1. The maximum Gasteiger partial charge on any atom is 2.00 e. The molecule has 1 aromatic carbocycles. The van der Waals surface area contributed by atoms with Gasteiger partial charge in [0.25, 0.3) is 0 Å². The fourth-order valence-electron chi connectivity index (χ4n) is 2.70. The van der Waals surface area contributed by atoms with E-state index in [9.17, 15) is 126 Å². The van der Waals surface area contributed by atoms with Crippen LogP contribution in [0.15, 0.2) is 36.4 Å². The van der Waals surface area contributed by atoms with Crippen LogP contribution in [0.1, 0.15) is 0 Å². The van der Waals surface area contributed by atoms with Crippen LogP contribution in [-0.4, -0.2) is 175 Å². The third kappa shape index (κ3) is 24.1. The van der Waals surface area contributed by atoms with Crippen molar-refractivity contribution >= 4 is 0 Å². The van der Waals surface area contributed by atoms with E-state index >= 15 is 0 Å².